The van der Waals surface area contributed by atoms with Crippen molar-refractivity contribution in [2.45, 2.75) is 38.0 Å². The number of nitrogens with zero attached hydrogens (tertiary/aromatic N) is 1. The highest BCUT2D eigenvalue weighted by Crippen LogP contribution is 2.27. The Labute approximate surface area is 111 Å². The second-order valence-corrected chi connectivity index (χ2v) is 6.26. The van der Waals surface area contributed by atoms with Crippen molar-refractivity contribution in [1.82, 2.24) is 10.3 Å². The van der Waals surface area contributed by atoms with Crippen molar-refractivity contribution in [3.63, 3.8) is 0 Å². The summed E-state index contributed by atoms with van der Waals surface area (Å²) < 4.78 is 0. The van der Waals surface area contributed by atoms with E-state index in [1.54, 1.807) is 5.38 Å². The van der Waals surface area contributed by atoms with Gasteiger partial charge in [-0.1, -0.05) is 0 Å². The van der Waals surface area contributed by atoms with Crippen LogP contribution in [-0.2, 0) is 0 Å². The van der Waals surface area contributed by atoms with Crippen molar-refractivity contribution in [2.75, 3.05) is 6.54 Å². The summed E-state index contributed by atoms with van der Waals surface area (Å²) in [5, 5.41) is 6.03. The normalized spacial score (nSPS) is 24.6. The Morgan fingerprint density at radius 2 is 2.24 bits per heavy atom. The van der Waals surface area contributed by atoms with Gasteiger partial charge in [0.1, 0.15) is 5.69 Å². The fraction of sp³-hybridized carbons (Fsp3) is 0.667. The molecule has 1 saturated carbocycles. The lowest BCUT2D eigenvalue weighted by Gasteiger charge is -2.24. The van der Waals surface area contributed by atoms with Crippen LogP contribution in [0.3, 0.4) is 0 Å². The molecular weight excluding hydrogens is 256 g/mol. The maximum atomic E-state index is 11.8. The summed E-state index contributed by atoms with van der Waals surface area (Å²) in [4.78, 5) is 15.9. The van der Waals surface area contributed by atoms with Gasteiger partial charge in [0.2, 0.25) is 0 Å². The molecule has 1 fully saturated rings. The SMILES string of the molecule is Cc1nc(C(=O)NCC2CCC(Cl)CC2)cs1. The molecule has 0 atom stereocenters. The Bertz CT molecular complexity index is 386. The van der Waals surface area contributed by atoms with Crippen LogP contribution in [-0.4, -0.2) is 22.8 Å². The number of alkyl halides is 1. The van der Waals surface area contributed by atoms with Crippen molar-refractivity contribution in [2.24, 2.45) is 5.92 Å². The van der Waals surface area contributed by atoms with Crippen molar-refractivity contribution < 1.29 is 4.79 Å². The lowest BCUT2D eigenvalue weighted by atomic mass is 9.89. The van der Waals surface area contributed by atoms with E-state index in [2.05, 4.69) is 10.3 Å². The van der Waals surface area contributed by atoms with E-state index >= 15 is 0 Å². The Hall–Kier alpha value is -0.610. The van der Waals surface area contributed by atoms with Crippen molar-refractivity contribution in [3.05, 3.63) is 16.1 Å². The molecule has 0 radical (unpaired) electrons. The van der Waals surface area contributed by atoms with E-state index in [0.717, 1.165) is 37.2 Å². The van der Waals surface area contributed by atoms with Gasteiger partial charge in [-0.3, -0.25) is 4.79 Å². The number of amides is 1. The molecule has 1 N–H and O–H groups in total. The fourth-order valence-electron chi connectivity index (χ4n) is 2.12. The summed E-state index contributed by atoms with van der Waals surface area (Å²) in [5.41, 5.74) is 0.540. The lowest BCUT2D eigenvalue weighted by Crippen LogP contribution is -2.31. The molecule has 1 aliphatic rings. The second kappa shape index (κ2) is 5.83. The van der Waals surface area contributed by atoms with E-state index in [1.807, 2.05) is 6.92 Å². The predicted octanol–water partition coefficient (Wildman–Crippen LogP) is 2.98. The summed E-state index contributed by atoms with van der Waals surface area (Å²) in [6.45, 7) is 2.65. The average Bonchev–Trinajstić information content (AvgIpc) is 2.75. The average molecular weight is 273 g/mol. The standard InChI is InChI=1S/C12H17ClN2OS/c1-8-15-11(7-17-8)12(16)14-6-9-2-4-10(13)5-3-9/h7,9-10H,2-6H2,1H3,(H,14,16). The van der Waals surface area contributed by atoms with E-state index in [0.29, 0.717) is 17.0 Å². The molecule has 0 spiro atoms. The van der Waals surface area contributed by atoms with Gasteiger partial charge in [-0.05, 0) is 38.5 Å². The predicted molar refractivity (Wildman–Crippen MR) is 70.8 cm³/mol. The van der Waals surface area contributed by atoms with Crippen molar-refractivity contribution >= 4 is 28.8 Å². The Kier molecular flexibility index (Phi) is 4.40. The zero-order chi connectivity index (χ0) is 12.3. The molecule has 0 aromatic carbocycles. The van der Waals surface area contributed by atoms with Crippen molar-refractivity contribution in [3.8, 4) is 0 Å². The molecule has 0 saturated heterocycles. The topological polar surface area (TPSA) is 42.0 Å². The van der Waals surface area contributed by atoms with E-state index in [-0.39, 0.29) is 5.91 Å². The summed E-state index contributed by atoms with van der Waals surface area (Å²) >= 11 is 7.55. The van der Waals surface area contributed by atoms with Gasteiger partial charge in [0.05, 0.1) is 5.01 Å². The largest absolute Gasteiger partial charge is 0.350 e. The highest BCUT2D eigenvalue weighted by Gasteiger charge is 2.20. The third-order valence-corrected chi connectivity index (χ3v) is 4.39. The molecule has 0 aliphatic heterocycles. The number of aryl methyl sites for hydroxylation is 1. The molecule has 1 aliphatic carbocycles. The lowest BCUT2D eigenvalue weighted by molar-refractivity contribution is 0.0939. The third kappa shape index (κ3) is 3.68. The van der Waals surface area contributed by atoms with E-state index in [4.69, 9.17) is 11.6 Å². The maximum Gasteiger partial charge on any atom is 0.270 e. The summed E-state index contributed by atoms with van der Waals surface area (Å²) in [6.07, 6.45) is 4.37. The number of carbonyl (C=O) groups is 1. The van der Waals surface area contributed by atoms with E-state index in [1.165, 1.54) is 11.3 Å². The van der Waals surface area contributed by atoms with Gasteiger partial charge in [0, 0.05) is 17.3 Å². The molecule has 3 nitrogen and oxygen atoms in total. The van der Waals surface area contributed by atoms with Gasteiger partial charge < -0.3 is 5.32 Å². The minimum atomic E-state index is -0.0534. The van der Waals surface area contributed by atoms with E-state index < -0.39 is 0 Å². The van der Waals surface area contributed by atoms with E-state index in [9.17, 15) is 4.79 Å². The van der Waals surface area contributed by atoms with Crippen LogP contribution in [0, 0.1) is 12.8 Å². The van der Waals surface area contributed by atoms with Gasteiger partial charge in [0.25, 0.3) is 5.91 Å². The molecule has 94 valence electrons. The highest BCUT2D eigenvalue weighted by atomic mass is 35.5. The number of halogens is 1. The zero-order valence-electron chi connectivity index (χ0n) is 9.91. The first kappa shape index (κ1) is 12.8. The quantitative estimate of drug-likeness (QED) is 0.860. The van der Waals surface area contributed by atoms with Crippen LogP contribution in [0.2, 0.25) is 0 Å². The number of thiazole rings is 1. The Morgan fingerprint density at radius 1 is 1.53 bits per heavy atom. The second-order valence-electron chi connectivity index (χ2n) is 4.58. The number of rotatable bonds is 3. The Morgan fingerprint density at radius 3 is 2.82 bits per heavy atom. The number of nitrogens with one attached hydrogen (secondary N) is 1. The molecular formula is C12H17ClN2OS. The summed E-state index contributed by atoms with van der Waals surface area (Å²) in [5.74, 6) is 0.524. The molecule has 1 amide bonds. The van der Waals surface area contributed by atoms with Gasteiger partial charge in [-0.15, -0.1) is 22.9 Å². The van der Waals surface area contributed by atoms with Gasteiger partial charge in [0.15, 0.2) is 0 Å². The monoisotopic (exact) mass is 272 g/mol. The van der Waals surface area contributed by atoms with Crippen LogP contribution in [0.15, 0.2) is 5.38 Å². The molecule has 1 heterocycles. The van der Waals surface area contributed by atoms with Crippen LogP contribution in [0.4, 0.5) is 0 Å². The fourth-order valence-corrected chi connectivity index (χ4v) is 2.97. The summed E-state index contributed by atoms with van der Waals surface area (Å²) in [7, 11) is 0. The number of aromatic nitrogens is 1. The molecule has 17 heavy (non-hydrogen) atoms. The van der Waals surface area contributed by atoms with Crippen molar-refractivity contribution in [1.29, 1.82) is 0 Å². The minimum Gasteiger partial charge on any atom is -0.350 e. The van der Waals surface area contributed by atoms with Crippen LogP contribution < -0.4 is 5.32 Å². The number of hydrogen-bond acceptors (Lipinski definition) is 3. The minimum absolute atomic E-state index is 0.0534. The first-order valence-corrected chi connectivity index (χ1v) is 7.31. The molecule has 1 aromatic rings. The Balaban J connectivity index is 1.76. The summed E-state index contributed by atoms with van der Waals surface area (Å²) in [6, 6.07) is 0. The highest BCUT2D eigenvalue weighted by molar-refractivity contribution is 7.09. The van der Waals surface area contributed by atoms with Gasteiger partial charge in [-0.2, -0.15) is 0 Å². The molecule has 0 bridgehead atoms. The van der Waals surface area contributed by atoms with Crippen LogP contribution in [0.25, 0.3) is 0 Å². The first-order chi connectivity index (χ1) is 8.15. The molecule has 1 aromatic heterocycles. The molecule has 0 unspecified atom stereocenters. The van der Waals surface area contributed by atoms with Gasteiger partial charge in [-0.25, -0.2) is 4.98 Å². The van der Waals surface area contributed by atoms with Crippen LogP contribution >= 0.6 is 22.9 Å². The smallest absolute Gasteiger partial charge is 0.270 e. The number of carbonyl (C=O) groups excluding carboxylic acids is 1. The first-order valence-electron chi connectivity index (χ1n) is 5.99. The zero-order valence-corrected chi connectivity index (χ0v) is 11.5. The van der Waals surface area contributed by atoms with Crippen LogP contribution in [0.1, 0.15) is 41.2 Å². The molecule has 2 rings (SSSR count). The third-order valence-electron chi connectivity index (χ3n) is 3.18. The maximum absolute atomic E-state index is 11.8. The van der Waals surface area contributed by atoms with Gasteiger partial charge >= 0.3 is 0 Å². The van der Waals surface area contributed by atoms with Crippen LogP contribution in [0.5, 0.6) is 0 Å². The molecule has 5 heteroatoms. The number of hydrogen-bond donors (Lipinski definition) is 1.